The van der Waals surface area contributed by atoms with Crippen molar-refractivity contribution in [2.24, 2.45) is 5.73 Å². The predicted molar refractivity (Wildman–Crippen MR) is 62.3 cm³/mol. The monoisotopic (exact) mass is 271 g/mol. The topological polar surface area (TPSA) is 52.3 Å². The number of carbonyl (C=O) groups is 1. The van der Waals surface area contributed by atoms with E-state index in [1.54, 1.807) is 0 Å². The molecule has 0 heterocycles. The Bertz CT molecular complexity index is 341. The number of ether oxygens (including phenoxy) is 1. The van der Waals surface area contributed by atoms with Gasteiger partial charge in [0.2, 0.25) is 0 Å². The Balaban J connectivity index is 2.57. The minimum atomic E-state index is -0.225. The zero-order valence-corrected chi connectivity index (χ0v) is 10.2. The second kappa shape index (κ2) is 5.88. The molecular formula is C11H14BrNO2. The largest absolute Gasteiger partial charge is 0.469 e. The molecule has 0 spiro atoms. The molecule has 3 nitrogen and oxygen atoms in total. The number of halogens is 1. The number of esters is 1. The molecule has 15 heavy (non-hydrogen) atoms. The third kappa shape index (κ3) is 3.64. The van der Waals surface area contributed by atoms with Crippen LogP contribution in [0.15, 0.2) is 28.7 Å². The summed E-state index contributed by atoms with van der Waals surface area (Å²) < 4.78 is 5.53. The number of methoxy groups -OCH3 is 1. The third-order valence-corrected chi connectivity index (χ3v) is 2.91. The van der Waals surface area contributed by atoms with Crippen molar-refractivity contribution in [2.45, 2.75) is 18.9 Å². The highest BCUT2D eigenvalue weighted by atomic mass is 79.9. The lowest BCUT2D eigenvalue weighted by Crippen LogP contribution is -2.13. The molecule has 0 radical (unpaired) electrons. The van der Waals surface area contributed by atoms with Gasteiger partial charge < -0.3 is 10.5 Å². The van der Waals surface area contributed by atoms with E-state index in [1.807, 2.05) is 24.3 Å². The van der Waals surface area contributed by atoms with Crippen LogP contribution in [0.3, 0.4) is 0 Å². The zero-order chi connectivity index (χ0) is 11.3. The van der Waals surface area contributed by atoms with E-state index in [-0.39, 0.29) is 12.0 Å². The van der Waals surface area contributed by atoms with E-state index in [4.69, 9.17) is 5.73 Å². The SMILES string of the molecule is COC(=O)CCC(N)c1ccccc1Br. The normalized spacial score (nSPS) is 12.2. The zero-order valence-electron chi connectivity index (χ0n) is 8.57. The molecule has 1 aromatic carbocycles. The molecule has 0 aromatic heterocycles. The second-order valence-corrected chi connectivity index (χ2v) is 4.10. The molecule has 0 bridgehead atoms. The molecule has 0 saturated heterocycles. The summed E-state index contributed by atoms with van der Waals surface area (Å²) in [6.45, 7) is 0. The van der Waals surface area contributed by atoms with Crippen molar-refractivity contribution >= 4 is 21.9 Å². The van der Waals surface area contributed by atoms with Crippen LogP contribution >= 0.6 is 15.9 Å². The van der Waals surface area contributed by atoms with Crippen molar-refractivity contribution in [3.8, 4) is 0 Å². The van der Waals surface area contributed by atoms with Crippen molar-refractivity contribution in [3.05, 3.63) is 34.3 Å². The number of nitrogens with two attached hydrogens (primary N) is 1. The van der Waals surface area contributed by atoms with Gasteiger partial charge in [0.15, 0.2) is 0 Å². The van der Waals surface area contributed by atoms with Gasteiger partial charge >= 0.3 is 5.97 Å². The van der Waals surface area contributed by atoms with Gasteiger partial charge in [0.25, 0.3) is 0 Å². The summed E-state index contributed by atoms with van der Waals surface area (Å²) in [5.41, 5.74) is 6.98. The maximum Gasteiger partial charge on any atom is 0.305 e. The van der Waals surface area contributed by atoms with Gasteiger partial charge in [-0.15, -0.1) is 0 Å². The van der Waals surface area contributed by atoms with E-state index < -0.39 is 0 Å². The molecule has 2 N–H and O–H groups in total. The standard InChI is InChI=1S/C11H14BrNO2/c1-15-11(14)7-6-10(13)8-4-2-3-5-9(8)12/h2-5,10H,6-7,13H2,1H3. The average Bonchev–Trinajstić information content (AvgIpc) is 2.26. The first-order valence-corrected chi connectivity index (χ1v) is 5.51. The highest BCUT2D eigenvalue weighted by Gasteiger charge is 2.11. The first-order chi connectivity index (χ1) is 7.15. The van der Waals surface area contributed by atoms with E-state index in [2.05, 4.69) is 20.7 Å². The van der Waals surface area contributed by atoms with E-state index in [0.717, 1.165) is 10.0 Å². The minimum Gasteiger partial charge on any atom is -0.469 e. The highest BCUT2D eigenvalue weighted by Crippen LogP contribution is 2.24. The van der Waals surface area contributed by atoms with Crippen LogP contribution in [-0.2, 0) is 9.53 Å². The molecule has 0 aliphatic heterocycles. The van der Waals surface area contributed by atoms with E-state index >= 15 is 0 Å². The lowest BCUT2D eigenvalue weighted by Gasteiger charge is -2.12. The molecule has 0 amide bonds. The molecular weight excluding hydrogens is 258 g/mol. The molecule has 0 aliphatic rings. The summed E-state index contributed by atoms with van der Waals surface area (Å²) in [4.78, 5) is 10.9. The van der Waals surface area contributed by atoms with Crippen LogP contribution in [0.4, 0.5) is 0 Å². The van der Waals surface area contributed by atoms with E-state index in [0.29, 0.717) is 12.8 Å². The lowest BCUT2D eigenvalue weighted by molar-refractivity contribution is -0.140. The second-order valence-electron chi connectivity index (χ2n) is 3.24. The van der Waals surface area contributed by atoms with Gasteiger partial charge in [-0.05, 0) is 18.1 Å². The number of hydrogen-bond acceptors (Lipinski definition) is 3. The smallest absolute Gasteiger partial charge is 0.305 e. The Kier molecular flexibility index (Phi) is 4.78. The van der Waals surface area contributed by atoms with Gasteiger partial charge in [0.1, 0.15) is 0 Å². The van der Waals surface area contributed by atoms with Gasteiger partial charge in [0, 0.05) is 16.9 Å². The molecule has 1 atom stereocenters. The van der Waals surface area contributed by atoms with Gasteiger partial charge in [-0.3, -0.25) is 4.79 Å². The van der Waals surface area contributed by atoms with Crippen LogP contribution in [0, 0.1) is 0 Å². The molecule has 1 unspecified atom stereocenters. The van der Waals surface area contributed by atoms with Crippen molar-refractivity contribution in [2.75, 3.05) is 7.11 Å². The van der Waals surface area contributed by atoms with Crippen LogP contribution < -0.4 is 5.73 Å². The Hall–Kier alpha value is -0.870. The van der Waals surface area contributed by atoms with E-state index in [9.17, 15) is 4.79 Å². The molecule has 0 saturated carbocycles. The van der Waals surface area contributed by atoms with Crippen molar-refractivity contribution < 1.29 is 9.53 Å². The van der Waals surface area contributed by atoms with Crippen LogP contribution in [0.1, 0.15) is 24.4 Å². The number of hydrogen-bond donors (Lipinski definition) is 1. The average molecular weight is 272 g/mol. The lowest BCUT2D eigenvalue weighted by atomic mass is 10.0. The Morgan fingerprint density at radius 2 is 2.20 bits per heavy atom. The molecule has 82 valence electrons. The van der Waals surface area contributed by atoms with Crippen molar-refractivity contribution in [3.63, 3.8) is 0 Å². The van der Waals surface area contributed by atoms with Gasteiger partial charge in [-0.25, -0.2) is 0 Å². The summed E-state index contributed by atoms with van der Waals surface area (Å²) in [5.74, 6) is -0.225. The van der Waals surface area contributed by atoms with Crippen LogP contribution in [0.25, 0.3) is 0 Å². The number of benzene rings is 1. The predicted octanol–water partition coefficient (Wildman–Crippen LogP) is 2.40. The Morgan fingerprint density at radius 1 is 1.53 bits per heavy atom. The molecule has 0 fully saturated rings. The fourth-order valence-corrected chi connectivity index (χ4v) is 1.89. The highest BCUT2D eigenvalue weighted by molar-refractivity contribution is 9.10. The van der Waals surface area contributed by atoms with Gasteiger partial charge in [-0.1, -0.05) is 34.1 Å². The third-order valence-electron chi connectivity index (χ3n) is 2.19. The van der Waals surface area contributed by atoms with Gasteiger partial charge in [-0.2, -0.15) is 0 Å². The summed E-state index contributed by atoms with van der Waals surface area (Å²) in [6, 6.07) is 7.61. The maximum atomic E-state index is 10.9. The minimum absolute atomic E-state index is 0.139. The first-order valence-electron chi connectivity index (χ1n) is 4.72. The maximum absolute atomic E-state index is 10.9. The fraction of sp³-hybridized carbons (Fsp3) is 0.364. The number of rotatable bonds is 4. The Labute approximate surface area is 97.7 Å². The summed E-state index contributed by atoms with van der Waals surface area (Å²) in [6.07, 6.45) is 0.939. The fourth-order valence-electron chi connectivity index (χ4n) is 1.31. The van der Waals surface area contributed by atoms with Gasteiger partial charge in [0.05, 0.1) is 7.11 Å². The van der Waals surface area contributed by atoms with Crippen molar-refractivity contribution in [1.29, 1.82) is 0 Å². The quantitative estimate of drug-likeness (QED) is 0.856. The molecule has 4 heteroatoms. The van der Waals surface area contributed by atoms with E-state index in [1.165, 1.54) is 7.11 Å². The Morgan fingerprint density at radius 3 is 2.80 bits per heavy atom. The van der Waals surface area contributed by atoms with Crippen molar-refractivity contribution in [1.82, 2.24) is 0 Å². The summed E-state index contributed by atoms with van der Waals surface area (Å²) in [5, 5.41) is 0. The molecule has 1 aromatic rings. The first kappa shape index (κ1) is 12.2. The molecule has 1 rings (SSSR count). The summed E-state index contributed by atoms with van der Waals surface area (Å²) in [7, 11) is 1.38. The summed E-state index contributed by atoms with van der Waals surface area (Å²) >= 11 is 3.42. The van der Waals surface area contributed by atoms with Crippen LogP contribution in [0.2, 0.25) is 0 Å². The van der Waals surface area contributed by atoms with Crippen LogP contribution in [-0.4, -0.2) is 13.1 Å². The molecule has 0 aliphatic carbocycles. The number of carbonyl (C=O) groups excluding carboxylic acids is 1. The van der Waals surface area contributed by atoms with Crippen LogP contribution in [0.5, 0.6) is 0 Å².